The fourth-order valence-electron chi connectivity index (χ4n) is 1.22. The van der Waals surface area contributed by atoms with Crippen LogP contribution in [-0.4, -0.2) is 0 Å². The summed E-state index contributed by atoms with van der Waals surface area (Å²) in [6.45, 7) is 1.57. The van der Waals surface area contributed by atoms with Crippen molar-refractivity contribution in [1.29, 1.82) is 0 Å². The van der Waals surface area contributed by atoms with Crippen molar-refractivity contribution in [3.63, 3.8) is 0 Å². The van der Waals surface area contributed by atoms with E-state index < -0.39 is 0 Å². The Balaban J connectivity index is 2.57. The van der Waals surface area contributed by atoms with Crippen LogP contribution in [0.4, 0.5) is 0 Å². The van der Waals surface area contributed by atoms with Gasteiger partial charge in [0, 0.05) is 13.1 Å². The smallest absolute Gasteiger partial charge is 0.0595 e. The van der Waals surface area contributed by atoms with Gasteiger partial charge in [-0.05, 0) is 23.3 Å². The molecule has 11 heavy (non-hydrogen) atoms. The SMILES string of the molecule is Clc1cc2c(cc1Cl)C[N]C2. The number of hydrogen-bond acceptors (Lipinski definition) is 0. The molecule has 0 aromatic heterocycles. The number of nitrogens with zero attached hydrogens (tertiary/aromatic N) is 1. The Bertz CT molecular complexity index is 267. The highest BCUT2D eigenvalue weighted by molar-refractivity contribution is 6.42. The average Bonchev–Trinajstić information content (AvgIpc) is 2.36. The molecule has 1 heterocycles. The van der Waals surface area contributed by atoms with Crippen LogP contribution in [0.3, 0.4) is 0 Å². The maximum absolute atomic E-state index is 5.82. The summed E-state index contributed by atoms with van der Waals surface area (Å²) in [5.74, 6) is 0. The summed E-state index contributed by atoms with van der Waals surface area (Å²) in [6, 6.07) is 3.80. The molecule has 0 atom stereocenters. The molecule has 0 amide bonds. The molecule has 57 valence electrons. The van der Waals surface area contributed by atoms with Crippen molar-refractivity contribution < 1.29 is 0 Å². The second kappa shape index (κ2) is 2.67. The molecule has 0 spiro atoms. The van der Waals surface area contributed by atoms with Crippen molar-refractivity contribution in [3.8, 4) is 0 Å². The van der Waals surface area contributed by atoms with Gasteiger partial charge in [-0.25, -0.2) is 5.32 Å². The minimum atomic E-state index is 0.627. The van der Waals surface area contributed by atoms with Crippen molar-refractivity contribution in [2.75, 3.05) is 0 Å². The van der Waals surface area contributed by atoms with E-state index in [4.69, 9.17) is 23.2 Å². The standard InChI is InChI=1S/C8H6Cl2N/c9-7-1-5-3-11-4-6(5)2-8(7)10/h1-2H,3-4H2. The Morgan fingerprint density at radius 1 is 1.00 bits per heavy atom. The van der Waals surface area contributed by atoms with E-state index in [0.717, 1.165) is 13.1 Å². The van der Waals surface area contributed by atoms with Crippen molar-refractivity contribution in [1.82, 2.24) is 5.32 Å². The third kappa shape index (κ3) is 1.24. The Morgan fingerprint density at radius 2 is 1.45 bits per heavy atom. The van der Waals surface area contributed by atoms with Crippen LogP contribution in [0.15, 0.2) is 12.1 Å². The molecule has 0 aliphatic carbocycles. The van der Waals surface area contributed by atoms with Crippen LogP contribution in [0, 0.1) is 0 Å². The van der Waals surface area contributed by atoms with Crippen molar-refractivity contribution in [3.05, 3.63) is 33.3 Å². The predicted molar refractivity (Wildman–Crippen MR) is 46.0 cm³/mol. The van der Waals surface area contributed by atoms with Crippen LogP contribution >= 0.6 is 23.2 Å². The van der Waals surface area contributed by atoms with Crippen LogP contribution in [-0.2, 0) is 13.1 Å². The van der Waals surface area contributed by atoms with Crippen LogP contribution in [0.2, 0.25) is 10.0 Å². The zero-order valence-electron chi connectivity index (χ0n) is 5.77. The van der Waals surface area contributed by atoms with Crippen molar-refractivity contribution in [2.45, 2.75) is 13.1 Å². The Morgan fingerprint density at radius 3 is 1.91 bits per heavy atom. The Labute approximate surface area is 75.3 Å². The van der Waals surface area contributed by atoms with Gasteiger partial charge in [0.05, 0.1) is 10.0 Å². The summed E-state index contributed by atoms with van der Waals surface area (Å²) in [5.41, 5.74) is 2.42. The lowest BCUT2D eigenvalue weighted by Crippen LogP contribution is -1.88. The summed E-state index contributed by atoms with van der Waals surface area (Å²) >= 11 is 11.6. The predicted octanol–water partition coefficient (Wildman–Crippen LogP) is 2.61. The number of rotatable bonds is 0. The lowest BCUT2D eigenvalue weighted by molar-refractivity contribution is 0.746. The van der Waals surface area contributed by atoms with E-state index in [1.54, 1.807) is 0 Å². The monoisotopic (exact) mass is 186 g/mol. The molecule has 0 N–H and O–H groups in total. The fourth-order valence-corrected chi connectivity index (χ4v) is 1.59. The van der Waals surface area contributed by atoms with E-state index in [-0.39, 0.29) is 0 Å². The minimum Gasteiger partial charge on any atom is -0.232 e. The van der Waals surface area contributed by atoms with Gasteiger partial charge in [-0.2, -0.15) is 0 Å². The molecule has 1 aromatic rings. The van der Waals surface area contributed by atoms with Crippen LogP contribution in [0.25, 0.3) is 0 Å². The Kier molecular flexibility index (Phi) is 1.80. The number of fused-ring (bicyclic) bond motifs is 1. The first-order valence-electron chi connectivity index (χ1n) is 3.37. The molecule has 1 aromatic carbocycles. The van der Waals surface area contributed by atoms with Crippen LogP contribution in [0.1, 0.15) is 11.1 Å². The molecule has 3 heteroatoms. The molecule has 0 saturated heterocycles. The lowest BCUT2D eigenvalue weighted by Gasteiger charge is -1.99. The second-order valence-electron chi connectivity index (χ2n) is 2.57. The highest BCUT2D eigenvalue weighted by Crippen LogP contribution is 2.28. The Hall–Kier alpha value is -0.240. The number of benzene rings is 1. The summed E-state index contributed by atoms with van der Waals surface area (Å²) in [7, 11) is 0. The second-order valence-corrected chi connectivity index (χ2v) is 3.39. The van der Waals surface area contributed by atoms with Gasteiger partial charge in [0.25, 0.3) is 0 Å². The van der Waals surface area contributed by atoms with E-state index in [2.05, 4.69) is 5.32 Å². The first kappa shape index (κ1) is 7.41. The zero-order chi connectivity index (χ0) is 7.84. The van der Waals surface area contributed by atoms with Gasteiger partial charge in [0.2, 0.25) is 0 Å². The highest BCUT2D eigenvalue weighted by Gasteiger charge is 2.12. The van der Waals surface area contributed by atoms with Crippen LogP contribution < -0.4 is 5.32 Å². The van der Waals surface area contributed by atoms with Gasteiger partial charge in [-0.3, -0.25) is 0 Å². The van der Waals surface area contributed by atoms with Gasteiger partial charge in [0.1, 0.15) is 0 Å². The van der Waals surface area contributed by atoms with Gasteiger partial charge < -0.3 is 0 Å². The number of hydrogen-bond donors (Lipinski definition) is 0. The summed E-state index contributed by atoms with van der Waals surface area (Å²) < 4.78 is 0. The molecule has 0 fully saturated rings. The molecule has 1 radical (unpaired) electrons. The molecule has 0 bridgehead atoms. The fraction of sp³-hybridized carbons (Fsp3) is 0.250. The summed E-state index contributed by atoms with van der Waals surface area (Å²) in [5, 5.41) is 5.47. The molecule has 1 nitrogen and oxygen atoms in total. The average molecular weight is 187 g/mol. The van der Waals surface area contributed by atoms with E-state index in [1.165, 1.54) is 11.1 Å². The molecular formula is C8H6Cl2N. The van der Waals surface area contributed by atoms with E-state index in [0.29, 0.717) is 10.0 Å². The van der Waals surface area contributed by atoms with Crippen molar-refractivity contribution in [2.24, 2.45) is 0 Å². The zero-order valence-corrected chi connectivity index (χ0v) is 7.28. The number of halogens is 2. The highest BCUT2D eigenvalue weighted by atomic mass is 35.5. The third-order valence-electron chi connectivity index (χ3n) is 1.81. The molecule has 0 saturated carbocycles. The molecule has 1 aliphatic heterocycles. The lowest BCUT2D eigenvalue weighted by atomic mass is 10.1. The summed E-state index contributed by atoms with van der Waals surface area (Å²) in [6.07, 6.45) is 0. The van der Waals surface area contributed by atoms with Crippen LogP contribution in [0.5, 0.6) is 0 Å². The minimum absolute atomic E-state index is 0.627. The first-order valence-corrected chi connectivity index (χ1v) is 4.13. The summed E-state index contributed by atoms with van der Waals surface area (Å²) in [4.78, 5) is 0. The van der Waals surface area contributed by atoms with Crippen molar-refractivity contribution >= 4 is 23.2 Å². The normalized spacial score (nSPS) is 15.1. The first-order chi connectivity index (χ1) is 5.27. The largest absolute Gasteiger partial charge is 0.232 e. The van der Waals surface area contributed by atoms with E-state index in [9.17, 15) is 0 Å². The van der Waals surface area contributed by atoms with Gasteiger partial charge in [-0.1, -0.05) is 23.2 Å². The quantitative estimate of drug-likeness (QED) is 0.592. The third-order valence-corrected chi connectivity index (χ3v) is 2.53. The van der Waals surface area contributed by atoms with E-state index in [1.807, 2.05) is 12.1 Å². The molecule has 1 aliphatic rings. The van der Waals surface area contributed by atoms with Gasteiger partial charge >= 0.3 is 0 Å². The molecule has 2 rings (SSSR count). The van der Waals surface area contributed by atoms with E-state index >= 15 is 0 Å². The maximum Gasteiger partial charge on any atom is 0.0595 e. The molecule has 0 unspecified atom stereocenters. The maximum atomic E-state index is 5.82. The topological polar surface area (TPSA) is 14.1 Å². The molecular weight excluding hydrogens is 181 g/mol. The van der Waals surface area contributed by atoms with Gasteiger partial charge in [-0.15, -0.1) is 0 Å². The van der Waals surface area contributed by atoms with Gasteiger partial charge in [0.15, 0.2) is 0 Å².